The molecule has 2 fully saturated rings. The van der Waals surface area contributed by atoms with Crippen molar-refractivity contribution in [3.05, 3.63) is 0 Å². The van der Waals surface area contributed by atoms with E-state index in [1.807, 2.05) is 0 Å². The number of likely N-dealkylation sites (tertiary alicyclic amines) is 1. The lowest BCUT2D eigenvalue weighted by atomic mass is 10.0. The minimum atomic E-state index is -0.388. The largest absolute Gasteiger partial charge is 0.303 e. The van der Waals surface area contributed by atoms with Gasteiger partial charge >= 0.3 is 0 Å². The summed E-state index contributed by atoms with van der Waals surface area (Å²) in [6.45, 7) is 5.91. The van der Waals surface area contributed by atoms with E-state index in [9.17, 15) is 0 Å². The van der Waals surface area contributed by atoms with E-state index in [0.717, 1.165) is 18.9 Å². The molecule has 2 atom stereocenters. The molecule has 76 valence electrons. The van der Waals surface area contributed by atoms with E-state index in [4.69, 9.17) is 23.2 Å². The van der Waals surface area contributed by atoms with Crippen LogP contribution in [-0.2, 0) is 0 Å². The summed E-state index contributed by atoms with van der Waals surface area (Å²) < 4.78 is -0.388. The van der Waals surface area contributed by atoms with Gasteiger partial charge in [0.1, 0.15) is 4.33 Å². The number of rotatable bonds is 2. The van der Waals surface area contributed by atoms with Crippen LogP contribution in [0.5, 0.6) is 0 Å². The fraction of sp³-hybridized carbons (Fsp3) is 1.00. The second kappa shape index (κ2) is 3.60. The summed E-state index contributed by atoms with van der Waals surface area (Å²) in [6.07, 6.45) is 3.71. The minimum absolute atomic E-state index is 0.388. The minimum Gasteiger partial charge on any atom is -0.303 e. The summed E-state index contributed by atoms with van der Waals surface area (Å²) in [5, 5.41) is 0. The normalized spacial score (nSPS) is 39.0. The van der Waals surface area contributed by atoms with E-state index in [-0.39, 0.29) is 4.33 Å². The molecule has 0 aromatic heterocycles. The molecule has 13 heavy (non-hydrogen) atoms. The average molecular weight is 222 g/mol. The molecule has 1 heterocycles. The van der Waals surface area contributed by atoms with Crippen LogP contribution in [0, 0.1) is 11.8 Å². The number of nitrogens with zero attached hydrogens (tertiary/aromatic N) is 1. The summed E-state index contributed by atoms with van der Waals surface area (Å²) in [5.41, 5.74) is 0. The predicted octanol–water partition coefficient (Wildman–Crippen LogP) is 2.91. The zero-order valence-electron chi connectivity index (χ0n) is 8.10. The first-order valence-corrected chi connectivity index (χ1v) is 5.94. The van der Waals surface area contributed by atoms with Crippen LogP contribution in [0.25, 0.3) is 0 Å². The summed E-state index contributed by atoms with van der Waals surface area (Å²) in [4.78, 5) is 2.52. The van der Waals surface area contributed by atoms with Crippen molar-refractivity contribution in [2.45, 2.75) is 30.5 Å². The summed E-state index contributed by atoms with van der Waals surface area (Å²) >= 11 is 12.0. The van der Waals surface area contributed by atoms with Crippen LogP contribution in [0.4, 0.5) is 0 Å². The molecule has 2 aliphatic rings. The van der Waals surface area contributed by atoms with Gasteiger partial charge in [-0.15, -0.1) is 23.2 Å². The summed E-state index contributed by atoms with van der Waals surface area (Å²) in [7, 11) is 0. The molecule has 0 aromatic carbocycles. The van der Waals surface area contributed by atoms with Gasteiger partial charge in [-0.2, -0.15) is 0 Å². The third-order valence-electron chi connectivity index (χ3n) is 3.18. The molecule has 1 saturated carbocycles. The van der Waals surface area contributed by atoms with Gasteiger partial charge in [0, 0.05) is 19.0 Å². The maximum absolute atomic E-state index is 6.00. The maximum Gasteiger partial charge on any atom is 0.122 e. The number of hydrogen-bond acceptors (Lipinski definition) is 1. The van der Waals surface area contributed by atoms with Crippen molar-refractivity contribution in [1.29, 1.82) is 0 Å². The van der Waals surface area contributed by atoms with E-state index >= 15 is 0 Å². The highest BCUT2D eigenvalue weighted by Crippen LogP contribution is 2.53. The molecule has 3 heteroatoms. The standard InChI is InChI=1S/C10H17Cl2N/c1-8-3-2-4-13(6-8)7-9-5-10(9,11)12/h8-9H,2-7H2,1H3. The lowest BCUT2D eigenvalue weighted by molar-refractivity contribution is 0.177. The van der Waals surface area contributed by atoms with Crippen LogP contribution in [0.3, 0.4) is 0 Å². The van der Waals surface area contributed by atoms with Crippen LogP contribution in [0.15, 0.2) is 0 Å². The topological polar surface area (TPSA) is 3.24 Å². The SMILES string of the molecule is CC1CCCN(CC2CC2(Cl)Cl)C1. The first-order valence-electron chi connectivity index (χ1n) is 5.18. The molecule has 0 N–H and O–H groups in total. The molecule has 0 radical (unpaired) electrons. The first kappa shape index (κ1) is 10.1. The Morgan fingerprint density at radius 3 is 2.69 bits per heavy atom. The van der Waals surface area contributed by atoms with E-state index in [1.165, 1.54) is 25.9 Å². The van der Waals surface area contributed by atoms with Crippen molar-refractivity contribution in [2.75, 3.05) is 19.6 Å². The van der Waals surface area contributed by atoms with Crippen molar-refractivity contribution in [1.82, 2.24) is 4.90 Å². The third-order valence-corrected chi connectivity index (χ3v) is 4.10. The van der Waals surface area contributed by atoms with Crippen molar-refractivity contribution in [3.8, 4) is 0 Å². The van der Waals surface area contributed by atoms with Gasteiger partial charge in [-0.05, 0) is 31.7 Å². The Kier molecular flexibility index (Phi) is 2.79. The smallest absolute Gasteiger partial charge is 0.122 e. The number of piperidine rings is 1. The number of alkyl halides is 2. The Bertz CT molecular complexity index is 193. The van der Waals surface area contributed by atoms with Gasteiger partial charge in [-0.25, -0.2) is 0 Å². The van der Waals surface area contributed by atoms with Gasteiger partial charge in [0.15, 0.2) is 0 Å². The lowest BCUT2D eigenvalue weighted by Crippen LogP contribution is -2.36. The molecule has 1 saturated heterocycles. The molecule has 1 aliphatic carbocycles. The zero-order chi connectivity index (χ0) is 9.47. The first-order chi connectivity index (χ1) is 6.08. The highest BCUT2D eigenvalue weighted by atomic mass is 35.5. The average Bonchev–Trinajstić information content (AvgIpc) is 2.58. The highest BCUT2D eigenvalue weighted by molar-refractivity contribution is 6.50. The van der Waals surface area contributed by atoms with E-state index in [1.54, 1.807) is 0 Å². The fourth-order valence-electron chi connectivity index (χ4n) is 2.23. The van der Waals surface area contributed by atoms with Crippen molar-refractivity contribution < 1.29 is 0 Å². The lowest BCUT2D eigenvalue weighted by Gasteiger charge is -2.30. The molecule has 2 unspecified atom stereocenters. The Morgan fingerprint density at radius 2 is 2.15 bits per heavy atom. The second-order valence-electron chi connectivity index (χ2n) is 4.67. The number of halogens is 2. The van der Waals surface area contributed by atoms with Crippen molar-refractivity contribution >= 4 is 23.2 Å². The zero-order valence-corrected chi connectivity index (χ0v) is 9.61. The van der Waals surface area contributed by atoms with Gasteiger partial charge in [0.05, 0.1) is 0 Å². The number of hydrogen-bond donors (Lipinski definition) is 0. The van der Waals surface area contributed by atoms with Gasteiger partial charge in [-0.1, -0.05) is 6.92 Å². The van der Waals surface area contributed by atoms with Crippen LogP contribution in [0.1, 0.15) is 26.2 Å². The molecule has 0 amide bonds. The van der Waals surface area contributed by atoms with Gasteiger partial charge in [-0.3, -0.25) is 0 Å². The third kappa shape index (κ3) is 2.51. The van der Waals surface area contributed by atoms with Crippen LogP contribution in [0.2, 0.25) is 0 Å². The Balaban J connectivity index is 1.76. The molecular formula is C10H17Cl2N. The second-order valence-corrected chi connectivity index (χ2v) is 6.21. The molecule has 1 nitrogen and oxygen atoms in total. The summed E-state index contributed by atoms with van der Waals surface area (Å²) in [5.74, 6) is 1.38. The van der Waals surface area contributed by atoms with Crippen molar-refractivity contribution in [3.63, 3.8) is 0 Å². The van der Waals surface area contributed by atoms with Crippen molar-refractivity contribution in [2.24, 2.45) is 11.8 Å². The van der Waals surface area contributed by atoms with E-state index in [0.29, 0.717) is 5.92 Å². The molecule has 2 rings (SSSR count). The Hall–Kier alpha value is 0.540. The van der Waals surface area contributed by atoms with Crippen LogP contribution >= 0.6 is 23.2 Å². The van der Waals surface area contributed by atoms with E-state index in [2.05, 4.69) is 11.8 Å². The Labute approximate surface area is 90.4 Å². The van der Waals surface area contributed by atoms with E-state index < -0.39 is 0 Å². The fourth-order valence-corrected chi connectivity index (χ4v) is 2.74. The highest BCUT2D eigenvalue weighted by Gasteiger charge is 2.51. The van der Waals surface area contributed by atoms with Gasteiger partial charge in [0.2, 0.25) is 0 Å². The van der Waals surface area contributed by atoms with Gasteiger partial charge < -0.3 is 4.90 Å². The monoisotopic (exact) mass is 221 g/mol. The Morgan fingerprint density at radius 1 is 1.46 bits per heavy atom. The molecular weight excluding hydrogens is 205 g/mol. The molecule has 0 bridgehead atoms. The molecule has 1 aliphatic heterocycles. The summed E-state index contributed by atoms with van der Waals surface area (Å²) in [6, 6.07) is 0. The molecule has 0 aromatic rings. The predicted molar refractivity (Wildman–Crippen MR) is 57.4 cm³/mol. The maximum atomic E-state index is 6.00. The quantitative estimate of drug-likeness (QED) is 0.649. The van der Waals surface area contributed by atoms with Crippen LogP contribution in [-0.4, -0.2) is 28.9 Å². The molecule has 0 spiro atoms. The van der Waals surface area contributed by atoms with Gasteiger partial charge in [0.25, 0.3) is 0 Å². The van der Waals surface area contributed by atoms with Crippen LogP contribution < -0.4 is 0 Å².